The van der Waals surface area contributed by atoms with Crippen LogP contribution in [0.15, 0.2) is 72.8 Å². The zero-order chi connectivity index (χ0) is 16.4. The smallest absolute Gasteiger partial charge is 0.171 e. The molecule has 0 aliphatic heterocycles. The fourth-order valence-electron chi connectivity index (χ4n) is 2.45. The first-order chi connectivity index (χ1) is 11.0. The van der Waals surface area contributed by atoms with E-state index < -0.39 is 7.14 Å². The predicted molar refractivity (Wildman–Crippen MR) is 101 cm³/mol. The molecule has 3 aromatic carbocycles. The minimum atomic E-state index is -3.08. The van der Waals surface area contributed by atoms with E-state index in [1.165, 1.54) is 0 Å². The van der Waals surface area contributed by atoms with Gasteiger partial charge in [0.05, 0.1) is 15.1 Å². The highest BCUT2D eigenvalue weighted by molar-refractivity contribution is 7.85. The van der Waals surface area contributed by atoms with Gasteiger partial charge in [-0.2, -0.15) is 0 Å². The average molecular weight is 382 g/mol. The van der Waals surface area contributed by atoms with Gasteiger partial charge in [-0.15, -0.1) is 0 Å². The van der Waals surface area contributed by atoms with Gasteiger partial charge in [-0.3, -0.25) is 0 Å². The first-order valence-electron chi connectivity index (χ1n) is 6.90. The second kappa shape index (κ2) is 6.71. The lowest BCUT2D eigenvalue weighted by Crippen LogP contribution is -2.25. The van der Waals surface area contributed by atoms with E-state index in [1.54, 1.807) is 12.1 Å². The van der Waals surface area contributed by atoms with Gasteiger partial charge in [-0.1, -0.05) is 95.5 Å². The van der Waals surface area contributed by atoms with Crippen molar-refractivity contribution in [1.82, 2.24) is 0 Å². The molecule has 0 amide bonds. The van der Waals surface area contributed by atoms with Crippen LogP contribution in [0.3, 0.4) is 0 Å². The van der Waals surface area contributed by atoms with E-state index in [-0.39, 0.29) is 5.02 Å². The molecule has 0 unspecified atom stereocenters. The molecule has 0 saturated carbocycles. The van der Waals surface area contributed by atoms with Crippen LogP contribution >= 0.6 is 41.9 Å². The third kappa shape index (κ3) is 3.07. The summed E-state index contributed by atoms with van der Waals surface area (Å²) in [5.41, 5.74) is 0. The number of benzene rings is 3. The van der Waals surface area contributed by atoms with E-state index in [1.807, 2.05) is 60.7 Å². The summed E-state index contributed by atoms with van der Waals surface area (Å²) in [4.78, 5) is 0. The molecular weight excluding hydrogens is 370 g/mol. The van der Waals surface area contributed by atoms with Gasteiger partial charge in [0.15, 0.2) is 7.14 Å². The number of rotatable bonds is 3. The van der Waals surface area contributed by atoms with Crippen LogP contribution in [0.25, 0.3) is 0 Å². The third-order valence-corrected chi connectivity index (χ3v) is 7.80. The maximum atomic E-state index is 14.1. The lowest BCUT2D eigenvalue weighted by molar-refractivity contribution is 0.592. The Morgan fingerprint density at radius 1 is 0.609 bits per heavy atom. The van der Waals surface area contributed by atoms with Crippen molar-refractivity contribution in [2.75, 3.05) is 0 Å². The summed E-state index contributed by atoms with van der Waals surface area (Å²) in [7, 11) is -3.08. The summed E-state index contributed by atoms with van der Waals surface area (Å²) in [6, 6.07) is 21.9. The molecule has 0 radical (unpaired) electrons. The summed E-state index contributed by atoms with van der Waals surface area (Å²) in [5.74, 6) is 0. The van der Waals surface area contributed by atoms with Crippen molar-refractivity contribution in [3.63, 3.8) is 0 Å². The van der Waals surface area contributed by atoms with Crippen LogP contribution in [0, 0.1) is 0 Å². The largest absolute Gasteiger partial charge is 0.309 e. The van der Waals surface area contributed by atoms with Crippen molar-refractivity contribution in [1.29, 1.82) is 0 Å². The summed E-state index contributed by atoms with van der Waals surface area (Å²) in [6.07, 6.45) is 0. The van der Waals surface area contributed by atoms with Crippen molar-refractivity contribution in [3.8, 4) is 0 Å². The molecule has 23 heavy (non-hydrogen) atoms. The first kappa shape index (κ1) is 16.6. The third-order valence-electron chi connectivity index (χ3n) is 3.57. The Kier molecular flexibility index (Phi) is 4.85. The lowest BCUT2D eigenvalue weighted by atomic mass is 10.3. The molecule has 0 spiro atoms. The number of hydrogen-bond acceptors (Lipinski definition) is 1. The highest BCUT2D eigenvalue weighted by Gasteiger charge is 2.30. The molecule has 1 nitrogen and oxygen atoms in total. The molecule has 3 rings (SSSR count). The summed E-state index contributed by atoms with van der Waals surface area (Å²) >= 11 is 18.4. The van der Waals surface area contributed by atoms with Crippen LogP contribution in [-0.4, -0.2) is 0 Å². The topological polar surface area (TPSA) is 17.1 Å². The lowest BCUT2D eigenvalue weighted by Gasteiger charge is -2.20. The Balaban J connectivity index is 2.32. The van der Waals surface area contributed by atoms with Crippen LogP contribution < -0.4 is 15.9 Å². The Labute approximate surface area is 150 Å². The van der Waals surface area contributed by atoms with Crippen molar-refractivity contribution in [2.45, 2.75) is 0 Å². The molecule has 0 bridgehead atoms. The van der Waals surface area contributed by atoms with Gasteiger partial charge < -0.3 is 4.57 Å². The highest BCUT2D eigenvalue weighted by atomic mass is 35.5. The maximum Gasteiger partial charge on any atom is 0.171 e. The van der Waals surface area contributed by atoms with Gasteiger partial charge >= 0.3 is 0 Å². The van der Waals surface area contributed by atoms with Crippen LogP contribution in [-0.2, 0) is 4.57 Å². The summed E-state index contributed by atoms with van der Waals surface area (Å²) in [5, 5.41) is 2.86. The highest BCUT2D eigenvalue weighted by Crippen LogP contribution is 2.44. The van der Waals surface area contributed by atoms with E-state index in [0.29, 0.717) is 15.3 Å². The average Bonchev–Trinajstić information content (AvgIpc) is 2.60. The second-order valence-corrected chi connectivity index (χ2v) is 8.96. The molecule has 0 fully saturated rings. The zero-order valence-electron chi connectivity index (χ0n) is 11.9. The van der Waals surface area contributed by atoms with E-state index >= 15 is 0 Å². The molecule has 0 aliphatic carbocycles. The maximum absolute atomic E-state index is 14.1. The SMILES string of the molecule is O=P(c1ccccc1)(c1ccccc1)c1cc(Cl)c(Cl)c(Cl)c1. The minimum Gasteiger partial charge on any atom is -0.309 e. The predicted octanol–water partition coefficient (Wildman–Crippen LogP) is 5.29. The number of halogens is 3. The Morgan fingerprint density at radius 2 is 1.00 bits per heavy atom. The zero-order valence-corrected chi connectivity index (χ0v) is 15.1. The standard InChI is InChI=1S/C18H12Cl3OP/c19-16-11-15(12-17(20)18(16)21)23(22,13-7-3-1-4-8-13)14-9-5-2-6-10-14/h1-12H. The fourth-order valence-corrected chi connectivity index (χ4v) is 5.90. The van der Waals surface area contributed by atoms with Crippen LogP contribution in [0.1, 0.15) is 0 Å². The van der Waals surface area contributed by atoms with Crippen molar-refractivity contribution in [3.05, 3.63) is 87.9 Å². The van der Waals surface area contributed by atoms with Crippen molar-refractivity contribution < 1.29 is 4.57 Å². The van der Waals surface area contributed by atoms with Gasteiger partial charge in [0, 0.05) is 15.9 Å². The number of hydrogen-bond donors (Lipinski definition) is 0. The summed E-state index contributed by atoms with van der Waals surface area (Å²) in [6.45, 7) is 0. The van der Waals surface area contributed by atoms with Crippen LogP contribution in [0.4, 0.5) is 0 Å². The Morgan fingerprint density at radius 3 is 1.39 bits per heavy atom. The van der Waals surface area contributed by atoms with Crippen LogP contribution in [0.5, 0.6) is 0 Å². The van der Waals surface area contributed by atoms with Crippen molar-refractivity contribution in [2.24, 2.45) is 0 Å². The van der Waals surface area contributed by atoms with E-state index in [0.717, 1.165) is 10.6 Å². The monoisotopic (exact) mass is 380 g/mol. The molecule has 0 heterocycles. The molecule has 5 heteroatoms. The normalized spacial score (nSPS) is 11.4. The van der Waals surface area contributed by atoms with Gasteiger partial charge in [0.25, 0.3) is 0 Å². The van der Waals surface area contributed by atoms with Gasteiger partial charge in [0.2, 0.25) is 0 Å². The molecule has 0 atom stereocenters. The van der Waals surface area contributed by atoms with E-state index in [4.69, 9.17) is 34.8 Å². The van der Waals surface area contributed by atoms with Crippen LogP contribution in [0.2, 0.25) is 15.1 Å². The van der Waals surface area contributed by atoms with E-state index in [2.05, 4.69) is 0 Å². The first-order valence-corrected chi connectivity index (χ1v) is 9.74. The van der Waals surface area contributed by atoms with Gasteiger partial charge in [-0.25, -0.2) is 0 Å². The summed E-state index contributed by atoms with van der Waals surface area (Å²) < 4.78 is 14.1. The molecule has 0 aliphatic rings. The molecule has 116 valence electrons. The van der Waals surface area contributed by atoms with Gasteiger partial charge in [0.1, 0.15) is 0 Å². The molecule has 3 aromatic rings. The minimum absolute atomic E-state index is 0.268. The van der Waals surface area contributed by atoms with E-state index in [9.17, 15) is 4.57 Å². The molecule has 0 aromatic heterocycles. The fraction of sp³-hybridized carbons (Fsp3) is 0. The molecule has 0 N–H and O–H groups in total. The quantitative estimate of drug-likeness (QED) is 0.445. The van der Waals surface area contributed by atoms with Crippen molar-refractivity contribution >= 4 is 57.9 Å². The second-order valence-electron chi connectivity index (χ2n) is 5.00. The Hall–Kier alpha value is -1.24. The Bertz CT molecular complexity index is 813. The molecule has 0 saturated heterocycles. The van der Waals surface area contributed by atoms with Gasteiger partial charge in [-0.05, 0) is 12.1 Å². The molecular formula is C18H12Cl3OP.